The summed E-state index contributed by atoms with van der Waals surface area (Å²) < 4.78 is 0. The lowest BCUT2D eigenvalue weighted by Crippen LogP contribution is -2.24. The van der Waals surface area contributed by atoms with E-state index in [0.29, 0.717) is 6.42 Å². The normalized spacial score (nSPS) is 12.3. The fourth-order valence-corrected chi connectivity index (χ4v) is 1.59. The van der Waals surface area contributed by atoms with Crippen molar-refractivity contribution >= 4 is 11.6 Å². The van der Waals surface area contributed by atoms with Gasteiger partial charge in [0.2, 0.25) is 5.91 Å². The molecule has 0 fully saturated rings. The van der Waals surface area contributed by atoms with Crippen molar-refractivity contribution in [1.82, 2.24) is 0 Å². The molecule has 88 valence electrons. The first kappa shape index (κ1) is 12.7. The van der Waals surface area contributed by atoms with Crippen molar-refractivity contribution in [1.29, 1.82) is 0 Å². The van der Waals surface area contributed by atoms with Crippen LogP contribution in [0.15, 0.2) is 12.1 Å². The second-order valence-electron chi connectivity index (χ2n) is 4.41. The lowest BCUT2D eigenvalue weighted by molar-refractivity contribution is -0.116. The number of amides is 1. The van der Waals surface area contributed by atoms with E-state index in [1.165, 1.54) is 11.1 Å². The Morgan fingerprint density at radius 1 is 1.31 bits per heavy atom. The molecule has 1 aromatic carbocycles. The molecule has 0 bridgehead atoms. The maximum Gasteiger partial charge on any atom is 0.225 e. The molecule has 1 amide bonds. The van der Waals surface area contributed by atoms with Crippen LogP contribution in [-0.2, 0) is 4.79 Å². The molecule has 3 N–H and O–H groups in total. The molecule has 0 radical (unpaired) electrons. The molecule has 0 aliphatic carbocycles. The second-order valence-corrected chi connectivity index (χ2v) is 4.41. The SMILES string of the molecule is Cc1ccc(NC(=O)CC(C)N)c(C)c1C. The molecular formula is C13H20N2O. The van der Waals surface area contributed by atoms with Gasteiger partial charge in [0, 0.05) is 18.2 Å². The zero-order chi connectivity index (χ0) is 12.3. The van der Waals surface area contributed by atoms with E-state index in [9.17, 15) is 4.79 Å². The van der Waals surface area contributed by atoms with Crippen LogP contribution in [0, 0.1) is 20.8 Å². The van der Waals surface area contributed by atoms with Crippen LogP contribution in [-0.4, -0.2) is 11.9 Å². The highest BCUT2D eigenvalue weighted by atomic mass is 16.1. The predicted octanol–water partition coefficient (Wildman–Crippen LogP) is 2.29. The van der Waals surface area contributed by atoms with Crippen LogP contribution in [0.1, 0.15) is 30.0 Å². The quantitative estimate of drug-likeness (QED) is 0.821. The summed E-state index contributed by atoms with van der Waals surface area (Å²) in [6, 6.07) is 3.85. The molecule has 0 spiro atoms. The Kier molecular flexibility index (Phi) is 4.07. The molecule has 0 heterocycles. The van der Waals surface area contributed by atoms with Gasteiger partial charge in [-0.2, -0.15) is 0 Å². The average molecular weight is 220 g/mol. The highest BCUT2D eigenvalue weighted by molar-refractivity contribution is 5.92. The molecule has 1 rings (SSSR count). The molecule has 1 aromatic rings. The Labute approximate surface area is 97.0 Å². The van der Waals surface area contributed by atoms with Gasteiger partial charge in [0.05, 0.1) is 0 Å². The third-order valence-corrected chi connectivity index (χ3v) is 2.84. The first-order chi connectivity index (χ1) is 7.41. The largest absolute Gasteiger partial charge is 0.327 e. The number of nitrogens with one attached hydrogen (secondary N) is 1. The van der Waals surface area contributed by atoms with E-state index >= 15 is 0 Å². The van der Waals surface area contributed by atoms with Gasteiger partial charge in [0.25, 0.3) is 0 Å². The lowest BCUT2D eigenvalue weighted by Gasteiger charge is -2.13. The van der Waals surface area contributed by atoms with Crippen LogP contribution < -0.4 is 11.1 Å². The molecule has 3 nitrogen and oxygen atoms in total. The zero-order valence-electron chi connectivity index (χ0n) is 10.4. The number of anilines is 1. The molecule has 0 saturated heterocycles. The van der Waals surface area contributed by atoms with Crippen molar-refractivity contribution in [3.05, 3.63) is 28.8 Å². The number of carbonyl (C=O) groups excluding carboxylic acids is 1. The molecule has 16 heavy (non-hydrogen) atoms. The van der Waals surface area contributed by atoms with Crippen molar-refractivity contribution in [2.24, 2.45) is 5.73 Å². The van der Waals surface area contributed by atoms with E-state index in [1.54, 1.807) is 0 Å². The van der Waals surface area contributed by atoms with Gasteiger partial charge in [-0.15, -0.1) is 0 Å². The van der Waals surface area contributed by atoms with Gasteiger partial charge in [-0.25, -0.2) is 0 Å². The van der Waals surface area contributed by atoms with Crippen LogP contribution in [0.25, 0.3) is 0 Å². The number of benzene rings is 1. The number of aryl methyl sites for hydroxylation is 1. The van der Waals surface area contributed by atoms with Gasteiger partial charge in [0.15, 0.2) is 0 Å². The monoisotopic (exact) mass is 220 g/mol. The maximum atomic E-state index is 11.6. The smallest absolute Gasteiger partial charge is 0.225 e. The Bertz CT molecular complexity index is 397. The van der Waals surface area contributed by atoms with Crippen LogP contribution in [0.5, 0.6) is 0 Å². The van der Waals surface area contributed by atoms with Crippen molar-refractivity contribution in [2.45, 2.75) is 40.2 Å². The topological polar surface area (TPSA) is 55.1 Å². The third kappa shape index (κ3) is 3.07. The zero-order valence-corrected chi connectivity index (χ0v) is 10.4. The molecular weight excluding hydrogens is 200 g/mol. The van der Waals surface area contributed by atoms with Crippen molar-refractivity contribution in [2.75, 3.05) is 5.32 Å². The van der Waals surface area contributed by atoms with Gasteiger partial charge in [-0.1, -0.05) is 6.07 Å². The number of rotatable bonds is 3. The standard InChI is InChI=1S/C13H20N2O/c1-8-5-6-12(11(4)10(8)3)15-13(16)7-9(2)14/h5-6,9H,7,14H2,1-4H3,(H,15,16). The summed E-state index contributed by atoms with van der Waals surface area (Å²) in [4.78, 5) is 11.6. The van der Waals surface area contributed by atoms with E-state index in [4.69, 9.17) is 5.73 Å². The Balaban J connectivity index is 2.82. The minimum absolute atomic E-state index is 0.0265. The van der Waals surface area contributed by atoms with Crippen LogP contribution in [0.3, 0.4) is 0 Å². The van der Waals surface area contributed by atoms with Gasteiger partial charge < -0.3 is 11.1 Å². The number of hydrogen-bond acceptors (Lipinski definition) is 2. The fraction of sp³-hybridized carbons (Fsp3) is 0.462. The van der Waals surface area contributed by atoms with Crippen LogP contribution >= 0.6 is 0 Å². The number of carbonyl (C=O) groups is 1. The van der Waals surface area contributed by atoms with Crippen LogP contribution in [0.2, 0.25) is 0 Å². The van der Waals surface area contributed by atoms with Gasteiger partial charge in [-0.3, -0.25) is 4.79 Å². The van der Waals surface area contributed by atoms with E-state index in [2.05, 4.69) is 19.2 Å². The Hall–Kier alpha value is -1.35. The summed E-state index contributed by atoms with van der Waals surface area (Å²) in [5.41, 5.74) is 10.0. The van der Waals surface area contributed by atoms with E-state index in [-0.39, 0.29) is 11.9 Å². The molecule has 3 heteroatoms. The molecule has 1 unspecified atom stereocenters. The van der Waals surface area contributed by atoms with E-state index < -0.39 is 0 Å². The van der Waals surface area contributed by atoms with Gasteiger partial charge in [-0.05, 0) is 50.5 Å². The lowest BCUT2D eigenvalue weighted by atomic mass is 10.0. The predicted molar refractivity (Wildman–Crippen MR) is 67.5 cm³/mol. The number of hydrogen-bond donors (Lipinski definition) is 2. The molecule has 0 aliphatic rings. The van der Waals surface area contributed by atoms with E-state index in [1.807, 2.05) is 26.0 Å². The highest BCUT2D eigenvalue weighted by Gasteiger charge is 2.08. The fourth-order valence-electron chi connectivity index (χ4n) is 1.59. The summed E-state index contributed by atoms with van der Waals surface area (Å²) >= 11 is 0. The molecule has 0 aromatic heterocycles. The first-order valence-electron chi connectivity index (χ1n) is 5.54. The average Bonchev–Trinajstić information content (AvgIpc) is 2.18. The highest BCUT2D eigenvalue weighted by Crippen LogP contribution is 2.21. The number of nitrogens with two attached hydrogens (primary N) is 1. The van der Waals surface area contributed by atoms with Crippen molar-refractivity contribution < 1.29 is 4.79 Å². The summed E-state index contributed by atoms with van der Waals surface area (Å²) in [6.07, 6.45) is 0.354. The van der Waals surface area contributed by atoms with Crippen molar-refractivity contribution in [3.8, 4) is 0 Å². The van der Waals surface area contributed by atoms with Crippen LogP contribution in [0.4, 0.5) is 5.69 Å². The Morgan fingerprint density at radius 3 is 2.50 bits per heavy atom. The summed E-state index contributed by atoms with van der Waals surface area (Å²) in [6.45, 7) is 7.97. The molecule has 0 saturated carbocycles. The molecule has 0 aliphatic heterocycles. The second kappa shape index (κ2) is 5.12. The minimum Gasteiger partial charge on any atom is -0.327 e. The first-order valence-corrected chi connectivity index (χ1v) is 5.54. The van der Waals surface area contributed by atoms with E-state index in [0.717, 1.165) is 11.3 Å². The maximum absolute atomic E-state index is 11.6. The van der Waals surface area contributed by atoms with Gasteiger partial charge in [0.1, 0.15) is 0 Å². The minimum atomic E-state index is -0.105. The Morgan fingerprint density at radius 2 is 1.94 bits per heavy atom. The summed E-state index contributed by atoms with van der Waals surface area (Å²) in [5, 5.41) is 2.89. The molecule has 1 atom stereocenters. The third-order valence-electron chi connectivity index (χ3n) is 2.84. The summed E-state index contributed by atoms with van der Waals surface area (Å²) in [5.74, 6) is -0.0265. The van der Waals surface area contributed by atoms with Crippen molar-refractivity contribution in [3.63, 3.8) is 0 Å². The summed E-state index contributed by atoms with van der Waals surface area (Å²) in [7, 11) is 0. The van der Waals surface area contributed by atoms with Gasteiger partial charge >= 0.3 is 0 Å².